The van der Waals surface area contributed by atoms with Crippen molar-refractivity contribution in [3.8, 4) is 11.8 Å². The summed E-state index contributed by atoms with van der Waals surface area (Å²) in [6, 6.07) is 6.63. The van der Waals surface area contributed by atoms with Crippen LogP contribution in [0.15, 0.2) is 36.7 Å². The Morgan fingerprint density at radius 1 is 1.14 bits per heavy atom. The normalized spacial score (nSPS) is 15.5. The molecule has 3 rings (SSSR count). The van der Waals surface area contributed by atoms with Gasteiger partial charge in [0.2, 0.25) is 11.8 Å². The van der Waals surface area contributed by atoms with Gasteiger partial charge in [0, 0.05) is 50.9 Å². The van der Waals surface area contributed by atoms with Gasteiger partial charge in [0.15, 0.2) is 5.67 Å². The number of amides is 2. The van der Waals surface area contributed by atoms with Gasteiger partial charge in [-0.1, -0.05) is 0 Å². The van der Waals surface area contributed by atoms with Gasteiger partial charge in [-0.05, 0) is 23.8 Å². The Kier molecular flexibility index (Phi) is 6.26. The number of carbonyl (C=O) groups excluding carboxylic acids is 2. The molecule has 2 aromatic heterocycles. The van der Waals surface area contributed by atoms with Crippen LogP contribution in [0.1, 0.15) is 28.8 Å². The van der Waals surface area contributed by atoms with Crippen molar-refractivity contribution in [1.82, 2.24) is 20.2 Å². The van der Waals surface area contributed by atoms with Crippen LogP contribution in [-0.4, -0.2) is 59.7 Å². The van der Waals surface area contributed by atoms with Crippen molar-refractivity contribution in [1.29, 1.82) is 0 Å². The van der Waals surface area contributed by atoms with Crippen molar-refractivity contribution in [3.63, 3.8) is 0 Å². The number of methoxy groups -OCH3 is 2. The lowest BCUT2D eigenvalue weighted by atomic mass is 9.92. The van der Waals surface area contributed by atoms with Crippen molar-refractivity contribution in [2.24, 2.45) is 0 Å². The first kappa shape index (κ1) is 20.5. The number of pyridine rings is 2. The largest absolute Gasteiger partial charge is 0.481 e. The molecule has 0 spiro atoms. The number of likely N-dealkylation sites (tertiary alicyclic amines) is 1. The molecule has 1 fully saturated rings. The van der Waals surface area contributed by atoms with Crippen molar-refractivity contribution >= 4 is 11.8 Å². The van der Waals surface area contributed by atoms with Crippen molar-refractivity contribution in [2.75, 3.05) is 27.3 Å². The van der Waals surface area contributed by atoms with Crippen LogP contribution in [-0.2, 0) is 11.3 Å². The van der Waals surface area contributed by atoms with E-state index in [1.165, 1.54) is 19.1 Å². The predicted molar refractivity (Wildman–Crippen MR) is 102 cm³/mol. The molecule has 3 heterocycles. The molecule has 0 aromatic carbocycles. The van der Waals surface area contributed by atoms with Gasteiger partial charge in [0.1, 0.15) is 5.56 Å². The van der Waals surface area contributed by atoms with E-state index < -0.39 is 11.6 Å². The Morgan fingerprint density at radius 3 is 2.45 bits per heavy atom. The van der Waals surface area contributed by atoms with Crippen LogP contribution in [0.5, 0.6) is 11.8 Å². The lowest BCUT2D eigenvalue weighted by molar-refractivity contribution is -0.135. The zero-order valence-corrected chi connectivity index (χ0v) is 16.4. The Bertz CT molecular complexity index is 870. The molecule has 29 heavy (non-hydrogen) atoms. The molecule has 8 nitrogen and oxygen atoms in total. The second kappa shape index (κ2) is 8.85. The molecule has 1 aliphatic heterocycles. The van der Waals surface area contributed by atoms with Crippen molar-refractivity contribution in [3.05, 3.63) is 47.8 Å². The number of hydrogen-bond acceptors (Lipinski definition) is 6. The molecule has 1 N–H and O–H groups in total. The van der Waals surface area contributed by atoms with Gasteiger partial charge >= 0.3 is 0 Å². The molecular formula is C20H23FN4O4. The fraction of sp³-hybridized carbons (Fsp3) is 0.400. The molecule has 1 aliphatic rings. The van der Waals surface area contributed by atoms with Crippen molar-refractivity contribution < 1.29 is 23.5 Å². The first-order valence-corrected chi connectivity index (χ1v) is 9.21. The highest BCUT2D eigenvalue weighted by molar-refractivity contribution is 5.96. The van der Waals surface area contributed by atoms with E-state index in [1.54, 1.807) is 36.7 Å². The fourth-order valence-electron chi connectivity index (χ4n) is 3.16. The first-order chi connectivity index (χ1) is 14.0. The number of alkyl halides is 1. The number of halogens is 1. The van der Waals surface area contributed by atoms with Crippen LogP contribution in [0, 0.1) is 0 Å². The molecule has 0 unspecified atom stereocenters. The van der Waals surface area contributed by atoms with Crippen LogP contribution < -0.4 is 14.8 Å². The van der Waals surface area contributed by atoms with E-state index in [0.29, 0.717) is 5.88 Å². The second-order valence-electron chi connectivity index (χ2n) is 6.71. The van der Waals surface area contributed by atoms with Crippen LogP contribution in [0.25, 0.3) is 0 Å². The fourth-order valence-corrected chi connectivity index (χ4v) is 3.16. The van der Waals surface area contributed by atoms with E-state index in [-0.39, 0.29) is 49.8 Å². The third kappa shape index (κ3) is 4.61. The summed E-state index contributed by atoms with van der Waals surface area (Å²) in [5.41, 5.74) is -0.906. The minimum Gasteiger partial charge on any atom is -0.481 e. The highest BCUT2D eigenvalue weighted by Crippen LogP contribution is 2.29. The molecule has 0 bridgehead atoms. The molecule has 2 aromatic rings. The minimum atomic E-state index is -2.01. The Hall–Kier alpha value is -3.23. The predicted octanol–water partition coefficient (Wildman–Crippen LogP) is 1.75. The van der Waals surface area contributed by atoms with Gasteiger partial charge in [-0.15, -0.1) is 0 Å². The lowest BCUT2D eigenvalue weighted by Gasteiger charge is -2.35. The van der Waals surface area contributed by atoms with Gasteiger partial charge in [-0.3, -0.25) is 14.6 Å². The van der Waals surface area contributed by atoms with Crippen molar-refractivity contribution in [2.45, 2.75) is 25.1 Å². The van der Waals surface area contributed by atoms with Gasteiger partial charge in [-0.2, -0.15) is 4.98 Å². The average Bonchev–Trinajstić information content (AvgIpc) is 2.77. The Labute approximate surface area is 168 Å². The summed E-state index contributed by atoms with van der Waals surface area (Å²) in [7, 11) is 2.88. The summed E-state index contributed by atoms with van der Waals surface area (Å²) in [5, 5.41) is 2.63. The van der Waals surface area contributed by atoms with E-state index >= 15 is 4.39 Å². The highest BCUT2D eigenvalue weighted by Gasteiger charge is 2.42. The third-order valence-corrected chi connectivity index (χ3v) is 4.92. The molecule has 1 saturated heterocycles. The quantitative estimate of drug-likeness (QED) is 0.791. The zero-order valence-electron chi connectivity index (χ0n) is 16.4. The number of ether oxygens (including phenoxy) is 2. The summed E-state index contributed by atoms with van der Waals surface area (Å²) in [6.07, 6.45) is 3.07. The molecule has 0 aliphatic carbocycles. The van der Waals surface area contributed by atoms with Gasteiger partial charge in [0.05, 0.1) is 14.2 Å². The SMILES string of the molecule is COc1ccc(C(=O)N2CCC(F)(C(=O)NCc3ccncc3)CC2)c(OC)n1. The van der Waals surface area contributed by atoms with Crippen LogP contribution in [0.2, 0.25) is 0 Å². The van der Waals surface area contributed by atoms with Gasteiger partial charge < -0.3 is 19.7 Å². The summed E-state index contributed by atoms with van der Waals surface area (Å²) in [4.78, 5) is 34.7. The number of nitrogens with one attached hydrogen (secondary N) is 1. The zero-order chi connectivity index (χ0) is 20.9. The molecule has 2 amide bonds. The maximum Gasteiger partial charge on any atom is 0.259 e. The van der Waals surface area contributed by atoms with E-state index in [2.05, 4.69) is 15.3 Å². The number of nitrogens with zero attached hydrogens (tertiary/aromatic N) is 3. The van der Waals surface area contributed by atoms with Crippen LogP contribution in [0.3, 0.4) is 0 Å². The number of rotatable bonds is 6. The molecule has 9 heteroatoms. The summed E-state index contributed by atoms with van der Waals surface area (Å²) < 4.78 is 25.3. The third-order valence-electron chi connectivity index (χ3n) is 4.92. The standard InChI is InChI=1S/C20H23FN4O4/c1-28-16-4-3-15(17(24-16)29-2)18(26)25-11-7-20(21,8-12-25)19(27)23-13-14-5-9-22-10-6-14/h3-6,9-10H,7-8,11-13H2,1-2H3,(H,23,27). The van der Waals surface area contributed by atoms with Gasteiger partial charge in [-0.25, -0.2) is 4.39 Å². The summed E-state index contributed by atoms with van der Waals surface area (Å²) in [6.45, 7) is 0.463. The number of carbonyl (C=O) groups is 2. The van der Waals surface area contributed by atoms with E-state index in [9.17, 15) is 9.59 Å². The smallest absolute Gasteiger partial charge is 0.259 e. The van der Waals surface area contributed by atoms with Crippen LogP contribution >= 0.6 is 0 Å². The molecule has 154 valence electrons. The molecular weight excluding hydrogens is 379 g/mol. The summed E-state index contributed by atoms with van der Waals surface area (Å²) >= 11 is 0. The highest BCUT2D eigenvalue weighted by atomic mass is 19.1. The molecule has 0 radical (unpaired) electrons. The minimum absolute atomic E-state index is 0.0766. The van der Waals surface area contributed by atoms with E-state index in [1.807, 2.05) is 0 Å². The lowest BCUT2D eigenvalue weighted by Crippen LogP contribution is -2.52. The monoisotopic (exact) mass is 402 g/mol. The summed E-state index contributed by atoms with van der Waals surface area (Å²) in [5.74, 6) is -0.520. The number of aromatic nitrogens is 2. The number of hydrogen-bond donors (Lipinski definition) is 1. The second-order valence-corrected chi connectivity index (χ2v) is 6.71. The van der Waals surface area contributed by atoms with E-state index in [4.69, 9.17) is 9.47 Å². The molecule has 0 atom stereocenters. The Morgan fingerprint density at radius 2 is 1.83 bits per heavy atom. The maximum atomic E-state index is 15.1. The average molecular weight is 402 g/mol. The van der Waals surface area contributed by atoms with Crippen LogP contribution in [0.4, 0.5) is 4.39 Å². The first-order valence-electron chi connectivity index (χ1n) is 9.21. The maximum absolute atomic E-state index is 15.1. The topological polar surface area (TPSA) is 93.7 Å². The Balaban J connectivity index is 1.60. The molecule has 0 saturated carbocycles. The number of piperidine rings is 1. The van der Waals surface area contributed by atoms with Gasteiger partial charge in [0.25, 0.3) is 11.8 Å². The van der Waals surface area contributed by atoms with E-state index in [0.717, 1.165) is 5.56 Å².